The number of carbonyl (C=O) groups is 3. The fourth-order valence-corrected chi connectivity index (χ4v) is 5.21. The molecule has 1 aliphatic carbocycles. The van der Waals surface area contributed by atoms with E-state index in [-0.39, 0.29) is 37.9 Å². The number of benzene rings is 2. The molecule has 2 aromatic carbocycles. The fourth-order valence-electron chi connectivity index (χ4n) is 5.21. The average Bonchev–Trinajstić information content (AvgIpc) is 3.19. The molecular weight excluding hydrogens is 448 g/mol. The van der Waals surface area contributed by atoms with Gasteiger partial charge in [0.05, 0.1) is 17.9 Å². The second-order valence-electron chi connectivity index (χ2n) is 9.42. The Hall–Kier alpha value is -3.39. The number of carboxylic acids is 1. The second-order valence-corrected chi connectivity index (χ2v) is 9.42. The summed E-state index contributed by atoms with van der Waals surface area (Å²) in [4.78, 5) is 38.2. The lowest BCUT2D eigenvalue weighted by atomic mass is 9.77. The summed E-state index contributed by atoms with van der Waals surface area (Å²) in [7, 11) is 0. The molecule has 2 atom stereocenters. The van der Waals surface area contributed by atoms with Crippen molar-refractivity contribution in [2.45, 2.75) is 44.6 Å². The molecule has 0 spiro atoms. The number of fused-ring (bicyclic) bond motifs is 3. The van der Waals surface area contributed by atoms with Gasteiger partial charge in [-0.2, -0.15) is 0 Å². The molecular formula is C27H32N2O6. The van der Waals surface area contributed by atoms with Crippen molar-refractivity contribution in [1.29, 1.82) is 0 Å². The summed E-state index contributed by atoms with van der Waals surface area (Å²) in [5.41, 5.74) is 3.56. The molecule has 1 heterocycles. The number of aliphatic hydroxyl groups is 1. The van der Waals surface area contributed by atoms with E-state index in [1.165, 1.54) is 4.90 Å². The molecule has 0 saturated carbocycles. The standard InChI is InChI=1S/C27H32N2O6/c1-2-27(25(32)33)12-7-13-29(17-27)24(31)14-18(30)15-28-26(34)35-16-23-21-10-5-3-8-19(21)20-9-4-6-11-22(20)23/h3-6,8-11,18,23,30H,2,7,12-17H2,1H3,(H,28,34)(H,32,33). The summed E-state index contributed by atoms with van der Waals surface area (Å²) in [6.07, 6.45) is -0.354. The fraction of sp³-hybridized carbons (Fsp3) is 0.444. The second kappa shape index (κ2) is 10.5. The van der Waals surface area contributed by atoms with Crippen LogP contribution in [0.15, 0.2) is 48.5 Å². The van der Waals surface area contributed by atoms with Crippen LogP contribution in [0.5, 0.6) is 0 Å². The van der Waals surface area contributed by atoms with E-state index in [0.29, 0.717) is 25.8 Å². The number of aliphatic hydroxyl groups excluding tert-OH is 1. The molecule has 4 rings (SSSR count). The number of piperidine rings is 1. The lowest BCUT2D eigenvalue weighted by Crippen LogP contribution is -2.50. The molecule has 0 bridgehead atoms. The van der Waals surface area contributed by atoms with Crippen molar-refractivity contribution in [3.05, 3.63) is 59.7 Å². The normalized spacial score (nSPS) is 20.0. The number of aliphatic carboxylic acids is 1. The predicted molar refractivity (Wildman–Crippen MR) is 130 cm³/mol. The molecule has 186 valence electrons. The third-order valence-electron chi connectivity index (χ3n) is 7.30. The Morgan fingerprint density at radius 3 is 2.34 bits per heavy atom. The SMILES string of the molecule is CCC1(C(=O)O)CCCN(C(=O)CC(O)CNC(=O)OCC2c3ccccc3-c3ccccc32)C1. The monoisotopic (exact) mass is 480 g/mol. The summed E-state index contributed by atoms with van der Waals surface area (Å²) in [6.45, 7) is 2.46. The van der Waals surface area contributed by atoms with Crippen molar-refractivity contribution < 1.29 is 29.3 Å². The van der Waals surface area contributed by atoms with E-state index in [2.05, 4.69) is 17.4 Å². The Morgan fingerprint density at radius 2 is 1.74 bits per heavy atom. The summed E-state index contributed by atoms with van der Waals surface area (Å²) in [5.74, 6) is -1.27. The number of ether oxygens (including phenoxy) is 1. The van der Waals surface area contributed by atoms with Gasteiger partial charge in [0.1, 0.15) is 6.61 Å². The van der Waals surface area contributed by atoms with Gasteiger partial charge in [-0.25, -0.2) is 4.79 Å². The first-order chi connectivity index (χ1) is 16.8. The molecule has 2 aliphatic rings. The lowest BCUT2D eigenvalue weighted by molar-refractivity contribution is -0.155. The van der Waals surface area contributed by atoms with Crippen LogP contribution >= 0.6 is 0 Å². The minimum absolute atomic E-state index is 0.0631. The zero-order valence-corrected chi connectivity index (χ0v) is 19.9. The van der Waals surface area contributed by atoms with Crippen molar-refractivity contribution in [2.24, 2.45) is 5.41 Å². The molecule has 2 aromatic rings. The van der Waals surface area contributed by atoms with E-state index in [1.54, 1.807) is 0 Å². The number of hydrogen-bond acceptors (Lipinski definition) is 5. The number of hydrogen-bond donors (Lipinski definition) is 3. The van der Waals surface area contributed by atoms with Gasteiger partial charge in [0.2, 0.25) is 5.91 Å². The van der Waals surface area contributed by atoms with Gasteiger partial charge in [-0.05, 0) is 41.5 Å². The zero-order valence-electron chi connectivity index (χ0n) is 19.9. The van der Waals surface area contributed by atoms with Crippen molar-refractivity contribution in [1.82, 2.24) is 10.2 Å². The topological polar surface area (TPSA) is 116 Å². The van der Waals surface area contributed by atoms with Crippen LogP contribution in [-0.2, 0) is 14.3 Å². The maximum atomic E-state index is 12.6. The smallest absolute Gasteiger partial charge is 0.407 e. The summed E-state index contributed by atoms with van der Waals surface area (Å²) >= 11 is 0. The zero-order chi connectivity index (χ0) is 25.0. The van der Waals surface area contributed by atoms with Gasteiger partial charge < -0.3 is 25.2 Å². The van der Waals surface area contributed by atoms with Crippen LogP contribution in [0.25, 0.3) is 11.1 Å². The lowest BCUT2D eigenvalue weighted by Gasteiger charge is -2.39. The van der Waals surface area contributed by atoms with E-state index in [1.807, 2.05) is 43.3 Å². The molecule has 0 radical (unpaired) electrons. The molecule has 2 unspecified atom stereocenters. The third-order valence-corrected chi connectivity index (χ3v) is 7.30. The first-order valence-corrected chi connectivity index (χ1v) is 12.1. The molecule has 2 amide bonds. The van der Waals surface area contributed by atoms with Crippen LogP contribution < -0.4 is 5.32 Å². The van der Waals surface area contributed by atoms with Crippen molar-refractivity contribution in [3.63, 3.8) is 0 Å². The maximum Gasteiger partial charge on any atom is 0.407 e. The van der Waals surface area contributed by atoms with Crippen molar-refractivity contribution in [3.8, 4) is 11.1 Å². The number of alkyl carbamates (subject to hydrolysis) is 1. The average molecular weight is 481 g/mol. The van der Waals surface area contributed by atoms with Gasteiger partial charge in [0.15, 0.2) is 0 Å². The van der Waals surface area contributed by atoms with E-state index in [0.717, 1.165) is 22.3 Å². The quantitative estimate of drug-likeness (QED) is 0.533. The Morgan fingerprint density at radius 1 is 1.11 bits per heavy atom. The number of amides is 2. The first-order valence-electron chi connectivity index (χ1n) is 12.1. The number of nitrogens with one attached hydrogen (secondary N) is 1. The molecule has 35 heavy (non-hydrogen) atoms. The Kier molecular flexibility index (Phi) is 7.40. The van der Waals surface area contributed by atoms with Crippen LogP contribution in [-0.4, -0.2) is 65.4 Å². The van der Waals surface area contributed by atoms with Crippen LogP contribution in [0.3, 0.4) is 0 Å². The Labute approximate surface area is 204 Å². The minimum Gasteiger partial charge on any atom is -0.481 e. The van der Waals surface area contributed by atoms with Gasteiger partial charge in [-0.1, -0.05) is 55.5 Å². The highest BCUT2D eigenvalue weighted by molar-refractivity contribution is 5.80. The summed E-state index contributed by atoms with van der Waals surface area (Å²) < 4.78 is 5.46. The van der Waals surface area contributed by atoms with Gasteiger partial charge in [-0.3, -0.25) is 9.59 Å². The Balaban J connectivity index is 1.26. The van der Waals surface area contributed by atoms with E-state index in [4.69, 9.17) is 4.74 Å². The number of nitrogens with zero attached hydrogens (tertiary/aromatic N) is 1. The van der Waals surface area contributed by atoms with Crippen LogP contribution in [0, 0.1) is 5.41 Å². The van der Waals surface area contributed by atoms with Crippen molar-refractivity contribution >= 4 is 18.0 Å². The highest BCUT2D eigenvalue weighted by atomic mass is 16.5. The number of likely N-dealkylation sites (tertiary alicyclic amines) is 1. The summed E-state index contributed by atoms with van der Waals surface area (Å²) in [5, 5.41) is 22.4. The molecule has 8 heteroatoms. The van der Waals surface area contributed by atoms with Crippen LogP contribution in [0.2, 0.25) is 0 Å². The summed E-state index contributed by atoms with van der Waals surface area (Å²) in [6, 6.07) is 16.1. The molecule has 1 fully saturated rings. The van der Waals surface area contributed by atoms with E-state index in [9.17, 15) is 24.6 Å². The molecule has 1 saturated heterocycles. The number of carboxylic acid groups (broad SMARTS) is 1. The van der Waals surface area contributed by atoms with Crippen molar-refractivity contribution in [2.75, 3.05) is 26.2 Å². The van der Waals surface area contributed by atoms with Gasteiger partial charge in [0.25, 0.3) is 0 Å². The van der Waals surface area contributed by atoms with E-state index >= 15 is 0 Å². The van der Waals surface area contributed by atoms with Gasteiger partial charge in [0, 0.05) is 25.6 Å². The van der Waals surface area contributed by atoms with Crippen LogP contribution in [0.1, 0.15) is 49.7 Å². The molecule has 3 N–H and O–H groups in total. The van der Waals surface area contributed by atoms with Crippen LogP contribution in [0.4, 0.5) is 4.79 Å². The highest BCUT2D eigenvalue weighted by Crippen LogP contribution is 2.44. The largest absolute Gasteiger partial charge is 0.481 e. The first kappa shape index (κ1) is 24.7. The third kappa shape index (κ3) is 5.17. The minimum atomic E-state index is -1.09. The molecule has 0 aromatic heterocycles. The Bertz CT molecular complexity index is 1060. The highest BCUT2D eigenvalue weighted by Gasteiger charge is 2.42. The van der Waals surface area contributed by atoms with Gasteiger partial charge >= 0.3 is 12.1 Å². The molecule has 8 nitrogen and oxygen atoms in total. The molecule has 1 aliphatic heterocycles. The van der Waals surface area contributed by atoms with Gasteiger partial charge in [-0.15, -0.1) is 0 Å². The maximum absolute atomic E-state index is 12.6. The number of carbonyl (C=O) groups excluding carboxylic acids is 2. The predicted octanol–water partition coefficient (Wildman–Crippen LogP) is 3.38. The number of rotatable bonds is 8. The van der Waals surface area contributed by atoms with E-state index < -0.39 is 23.6 Å².